The van der Waals surface area contributed by atoms with Crippen molar-refractivity contribution in [3.05, 3.63) is 29.3 Å². The number of nitrogens with one attached hydrogen (secondary N) is 1. The number of nitriles is 1. The molecule has 0 radical (unpaired) electrons. The van der Waals surface area contributed by atoms with Crippen LogP contribution in [0.15, 0.2) is 18.2 Å². The van der Waals surface area contributed by atoms with Crippen molar-refractivity contribution in [3.8, 4) is 11.8 Å². The lowest BCUT2D eigenvalue weighted by Gasteiger charge is -2.15. The Hall–Kier alpha value is -1.77. The van der Waals surface area contributed by atoms with Crippen LogP contribution in [0.25, 0.3) is 0 Å². The molecular formula is C17H23ClN2O3. The maximum absolute atomic E-state index is 11.5. The van der Waals surface area contributed by atoms with Crippen LogP contribution in [-0.2, 0) is 16.0 Å². The smallest absolute Gasteiger partial charge is 0.306 e. The van der Waals surface area contributed by atoms with Gasteiger partial charge in [0.25, 0.3) is 0 Å². The fourth-order valence-corrected chi connectivity index (χ4v) is 2.52. The summed E-state index contributed by atoms with van der Waals surface area (Å²) in [6.45, 7) is 3.80. The van der Waals surface area contributed by atoms with E-state index in [9.17, 15) is 4.79 Å². The molecule has 6 heteroatoms. The third-order valence-electron chi connectivity index (χ3n) is 3.70. The van der Waals surface area contributed by atoms with Gasteiger partial charge in [-0.2, -0.15) is 5.26 Å². The maximum atomic E-state index is 11.5. The van der Waals surface area contributed by atoms with Crippen molar-refractivity contribution < 1.29 is 14.3 Å². The van der Waals surface area contributed by atoms with E-state index in [0.29, 0.717) is 43.4 Å². The second-order valence-electron chi connectivity index (χ2n) is 5.34. The molecule has 1 fully saturated rings. The van der Waals surface area contributed by atoms with Crippen LogP contribution in [0, 0.1) is 11.3 Å². The number of rotatable bonds is 7. The van der Waals surface area contributed by atoms with Crippen molar-refractivity contribution in [2.75, 3.05) is 19.8 Å². The highest BCUT2D eigenvalue weighted by Gasteiger charge is 2.16. The standard InChI is InChI=1S/C17H22N2O3.ClH/c1-2-21-17(20)8-7-14-6-5-13(11-18)10-16(14)22-12-15-4-3-9-19-15;/h5-6,10,15,19H,2-4,7-9,12H2,1H3;1H. The lowest BCUT2D eigenvalue weighted by atomic mass is 10.1. The molecule has 23 heavy (non-hydrogen) atoms. The SMILES string of the molecule is CCOC(=O)CCc1ccc(C#N)cc1OCC1CCCN1.Cl. The van der Waals surface area contributed by atoms with E-state index in [1.165, 1.54) is 6.42 Å². The minimum Gasteiger partial charge on any atom is -0.492 e. The number of hydrogen-bond acceptors (Lipinski definition) is 5. The Bertz CT molecular complexity index is 551. The number of esters is 1. The highest BCUT2D eigenvalue weighted by Crippen LogP contribution is 2.23. The Labute approximate surface area is 143 Å². The summed E-state index contributed by atoms with van der Waals surface area (Å²) in [5, 5.41) is 12.4. The van der Waals surface area contributed by atoms with Gasteiger partial charge in [0.2, 0.25) is 0 Å². The molecule has 2 rings (SSSR count). The molecule has 126 valence electrons. The highest BCUT2D eigenvalue weighted by molar-refractivity contribution is 5.85. The summed E-state index contributed by atoms with van der Waals surface area (Å²) in [4.78, 5) is 11.5. The van der Waals surface area contributed by atoms with Gasteiger partial charge >= 0.3 is 5.97 Å². The summed E-state index contributed by atoms with van der Waals surface area (Å²) in [7, 11) is 0. The van der Waals surface area contributed by atoms with Gasteiger partial charge in [-0.3, -0.25) is 4.79 Å². The first kappa shape index (κ1) is 19.3. The van der Waals surface area contributed by atoms with Gasteiger partial charge in [-0.25, -0.2) is 0 Å². The molecule has 0 aliphatic carbocycles. The van der Waals surface area contributed by atoms with E-state index >= 15 is 0 Å². The molecule has 1 aliphatic rings. The van der Waals surface area contributed by atoms with Gasteiger partial charge in [0.1, 0.15) is 12.4 Å². The molecule has 0 spiro atoms. The topological polar surface area (TPSA) is 71.4 Å². The number of carbonyl (C=O) groups excluding carboxylic acids is 1. The fraction of sp³-hybridized carbons (Fsp3) is 0.529. The van der Waals surface area contributed by atoms with E-state index in [0.717, 1.165) is 18.5 Å². The van der Waals surface area contributed by atoms with Crippen molar-refractivity contribution in [2.45, 2.75) is 38.6 Å². The summed E-state index contributed by atoms with van der Waals surface area (Å²) < 4.78 is 10.8. The second-order valence-corrected chi connectivity index (χ2v) is 5.34. The largest absolute Gasteiger partial charge is 0.492 e. The first-order valence-electron chi connectivity index (χ1n) is 7.77. The van der Waals surface area contributed by atoms with E-state index in [-0.39, 0.29) is 18.4 Å². The molecule has 5 nitrogen and oxygen atoms in total. The van der Waals surface area contributed by atoms with Crippen molar-refractivity contribution in [1.29, 1.82) is 5.26 Å². The lowest BCUT2D eigenvalue weighted by molar-refractivity contribution is -0.143. The molecule has 1 N–H and O–H groups in total. The molecule has 0 amide bonds. The van der Waals surface area contributed by atoms with E-state index in [2.05, 4.69) is 11.4 Å². The molecule has 1 aromatic rings. The maximum Gasteiger partial charge on any atom is 0.306 e. The molecule has 1 saturated heterocycles. The zero-order valence-corrected chi connectivity index (χ0v) is 14.2. The van der Waals surface area contributed by atoms with Crippen molar-refractivity contribution in [1.82, 2.24) is 5.32 Å². The van der Waals surface area contributed by atoms with Gasteiger partial charge in [0.15, 0.2) is 0 Å². The molecule has 1 aliphatic heterocycles. The molecule has 0 saturated carbocycles. The number of carbonyl (C=O) groups is 1. The van der Waals surface area contributed by atoms with E-state index in [1.807, 2.05) is 6.07 Å². The van der Waals surface area contributed by atoms with Crippen LogP contribution < -0.4 is 10.1 Å². The molecule has 1 aromatic carbocycles. The van der Waals surface area contributed by atoms with E-state index < -0.39 is 0 Å². The van der Waals surface area contributed by atoms with Gasteiger partial charge in [0, 0.05) is 12.5 Å². The third-order valence-corrected chi connectivity index (χ3v) is 3.70. The predicted octanol–water partition coefficient (Wildman–Crippen LogP) is 2.61. The number of ether oxygens (including phenoxy) is 2. The Balaban J connectivity index is 0.00000264. The van der Waals surface area contributed by atoms with E-state index in [4.69, 9.17) is 14.7 Å². The van der Waals surface area contributed by atoms with Gasteiger partial charge < -0.3 is 14.8 Å². The third kappa shape index (κ3) is 6.09. The minimum absolute atomic E-state index is 0. The summed E-state index contributed by atoms with van der Waals surface area (Å²) in [6, 6.07) is 7.84. The molecule has 1 heterocycles. The number of halogens is 1. The highest BCUT2D eigenvalue weighted by atomic mass is 35.5. The summed E-state index contributed by atoms with van der Waals surface area (Å²) >= 11 is 0. The van der Waals surface area contributed by atoms with Gasteiger partial charge in [-0.1, -0.05) is 6.07 Å². The van der Waals surface area contributed by atoms with Crippen LogP contribution >= 0.6 is 12.4 Å². The lowest BCUT2D eigenvalue weighted by Crippen LogP contribution is -2.28. The Morgan fingerprint density at radius 1 is 1.48 bits per heavy atom. The fourth-order valence-electron chi connectivity index (χ4n) is 2.52. The monoisotopic (exact) mass is 338 g/mol. The summed E-state index contributed by atoms with van der Waals surface area (Å²) in [6.07, 6.45) is 3.15. The van der Waals surface area contributed by atoms with Crippen molar-refractivity contribution in [3.63, 3.8) is 0 Å². The van der Waals surface area contributed by atoms with Gasteiger partial charge in [-0.05, 0) is 50.4 Å². The van der Waals surface area contributed by atoms with Crippen molar-refractivity contribution in [2.24, 2.45) is 0 Å². The van der Waals surface area contributed by atoms with Crippen LogP contribution in [0.1, 0.15) is 37.3 Å². The van der Waals surface area contributed by atoms with Crippen molar-refractivity contribution >= 4 is 18.4 Å². The Morgan fingerprint density at radius 3 is 2.96 bits per heavy atom. The zero-order valence-electron chi connectivity index (χ0n) is 13.3. The van der Waals surface area contributed by atoms with E-state index in [1.54, 1.807) is 19.1 Å². The zero-order chi connectivity index (χ0) is 15.8. The van der Waals surface area contributed by atoms with Crippen LogP contribution in [-0.4, -0.2) is 31.8 Å². The minimum atomic E-state index is -0.213. The number of aryl methyl sites for hydroxylation is 1. The van der Waals surface area contributed by atoms with Crippen LogP contribution in [0.4, 0.5) is 0 Å². The van der Waals surface area contributed by atoms with Gasteiger partial charge in [0.05, 0.1) is 18.2 Å². The van der Waals surface area contributed by atoms with Crippen LogP contribution in [0.5, 0.6) is 5.75 Å². The number of hydrogen-bond donors (Lipinski definition) is 1. The van der Waals surface area contributed by atoms with Gasteiger partial charge in [-0.15, -0.1) is 12.4 Å². The molecular weight excluding hydrogens is 316 g/mol. The summed E-state index contributed by atoms with van der Waals surface area (Å²) in [5.74, 6) is 0.479. The van der Waals surface area contributed by atoms with Crippen LogP contribution in [0.3, 0.4) is 0 Å². The number of benzene rings is 1. The average molecular weight is 339 g/mol. The van der Waals surface area contributed by atoms with Crippen LogP contribution in [0.2, 0.25) is 0 Å². The molecule has 0 aromatic heterocycles. The first-order valence-corrected chi connectivity index (χ1v) is 7.77. The Morgan fingerprint density at radius 2 is 2.30 bits per heavy atom. The molecule has 0 bridgehead atoms. The molecule has 1 atom stereocenters. The predicted molar refractivity (Wildman–Crippen MR) is 89.9 cm³/mol. The average Bonchev–Trinajstić information content (AvgIpc) is 3.05. The summed E-state index contributed by atoms with van der Waals surface area (Å²) in [5.41, 5.74) is 1.50. The first-order chi connectivity index (χ1) is 10.7. The second kappa shape index (κ2) is 10.1. The quantitative estimate of drug-likeness (QED) is 0.774. The Kier molecular flexibility index (Phi) is 8.46. The number of nitrogens with zero attached hydrogens (tertiary/aromatic N) is 1. The normalized spacial score (nSPS) is 16.3. The molecule has 1 unspecified atom stereocenters.